The maximum atomic E-state index is 4.01. The fourth-order valence-corrected chi connectivity index (χ4v) is 5.37. The highest BCUT2D eigenvalue weighted by Crippen LogP contribution is 2.56. The van der Waals surface area contributed by atoms with Crippen molar-refractivity contribution in [3.8, 4) is 0 Å². The van der Waals surface area contributed by atoms with Crippen LogP contribution in [0.25, 0.3) is 0 Å². The van der Waals surface area contributed by atoms with E-state index in [1.54, 1.807) is 0 Å². The molecule has 0 aromatic heterocycles. The Morgan fingerprint density at radius 2 is 1.30 bits per heavy atom. The van der Waals surface area contributed by atoms with E-state index >= 15 is 0 Å². The average molecular weight is 272 g/mol. The van der Waals surface area contributed by atoms with Crippen LogP contribution in [0.5, 0.6) is 0 Å². The Hall–Kier alpha value is -0.520. The second-order valence-corrected chi connectivity index (χ2v) is 7.70. The van der Waals surface area contributed by atoms with Gasteiger partial charge in [0.25, 0.3) is 0 Å². The molecule has 3 aliphatic carbocycles. The lowest BCUT2D eigenvalue weighted by molar-refractivity contribution is 0.180. The van der Waals surface area contributed by atoms with Crippen LogP contribution in [-0.2, 0) is 0 Å². The Bertz CT molecular complexity index is 320. The fraction of sp³-hybridized carbons (Fsp3) is 0.800. The van der Waals surface area contributed by atoms with E-state index in [1.165, 1.54) is 64.2 Å². The van der Waals surface area contributed by atoms with Gasteiger partial charge in [-0.1, -0.05) is 25.0 Å². The molecule has 0 nitrogen and oxygen atoms in total. The van der Waals surface area contributed by atoms with E-state index in [0.29, 0.717) is 0 Å². The summed E-state index contributed by atoms with van der Waals surface area (Å²) in [5.74, 6) is 6.09. The topological polar surface area (TPSA) is 0 Å². The minimum absolute atomic E-state index is 0.894. The highest BCUT2D eigenvalue weighted by molar-refractivity contribution is 5.07. The number of allylic oxidation sites excluding steroid dienone is 2. The first-order valence-corrected chi connectivity index (χ1v) is 9.07. The maximum absolute atomic E-state index is 4.01. The lowest BCUT2D eigenvalue weighted by Crippen LogP contribution is -2.22. The molecule has 0 heteroatoms. The molecule has 0 saturated heterocycles. The zero-order chi connectivity index (χ0) is 13.9. The SMILES string of the molecule is C=CCCC1CCC(C2CCC3C(C=C)C3CC2)CC1. The van der Waals surface area contributed by atoms with Crippen molar-refractivity contribution in [2.75, 3.05) is 0 Å². The van der Waals surface area contributed by atoms with E-state index in [-0.39, 0.29) is 0 Å². The predicted molar refractivity (Wildman–Crippen MR) is 87.5 cm³/mol. The molecular formula is C20H32. The first-order valence-electron chi connectivity index (χ1n) is 9.07. The molecule has 0 spiro atoms. The second-order valence-electron chi connectivity index (χ2n) is 7.70. The molecule has 3 rings (SSSR count). The lowest BCUT2D eigenvalue weighted by atomic mass is 9.72. The van der Waals surface area contributed by atoms with Gasteiger partial charge in [-0.3, -0.25) is 0 Å². The van der Waals surface area contributed by atoms with Crippen molar-refractivity contribution >= 4 is 0 Å². The molecule has 3 fully saturated rings. The molecule has 0 heterocycles. The summed E-state index contributed by atoms with van der Waals surface area (Å²) in [6.07, 6.45) is 19.0. The van der Waals surface area contributed by atoms with Gasteiger partial charge in [0.15, 0.2) is 0 Å². The fourth-order valence-electron chi connectivity index (χ4n) is 5.37. The lowest BCUT2D eigenvalue weighted by Gasteiger charge is -2.34. The highest BCUT2D eigenvalue weighted by atomic mass is 14.5. The zero-order valence-electron chi connectivity index (χ0n) is 13.1. The smallest absolute Gasteiger partial charge is 0.0174 e. The quantitative estimate of drug-likeness (QED) is 0.539. The minimum atomic E-state index is 0.894. The molecule has 112 valence electrons. The molecule has 0 aromatic carbocycles. The molecule has 0 aromatic rings. The molecular weight excluding hydrogens is 240 g/mol. The van der Waals surface area contributed by atoms with E-state index in [2.05, 4.69) is 25.3 Å². The van der Waals surface area contributed by atoms with Crippen molar-refractivity contribution in [1.29, 1.82) is 0 Å². The summed E-state index contributed by atoms with van der Waals surface area (Å²) in [6, 6.07) is 0. The molecule has 20 heavy (non-hydrogen) atoms. The Labute approximate surface area is 125 Å². The summed E-state index contributed by atoms with van der Waals surface area (Å²) in [5, 5.41) is 0. The third kappa shape index (κ3) is 3.05. The van der Waals surface area contributed by atoms with Crippen LogP contribution in [0.2, 0.25) is 0 Å². The number of hydrogen-bond acceptors (Lipinski definition) is 0. The third-order valence-electron chi connectivity index (χ3n) is 6.75. The number of fused-ring (bicyclic) bond motifs is 1. The van der Waals surface area contributed by atoms with Gasteiger partial charge >= 0.3 is 0 Å². The summed E-state index contributed by atoms with van der Waals surface area (Å²) in [4.78, 5) is 0. The molecule has 3 saturated carbocycles. The first kappa shape index (κ1) is 14.4. The molecule has 0 amide bonds. The van der Waals surface area contributed by atoms with Crippen LogP contribution in [-0.4, -0.2) is 0 Å². The first-order chi connectivity index (χ1) is 9.83. The Balaban J connectivity index is 1.43. The van der Waals surface area contributed by atoms with Crippen molar-refractivity contribution in [3.05, 3.63) is 25.3 Å². The second kappa shape index (κ2) is 6.50. The monoisotopic (exact) mass is 272 g/mol. The summed E-state index contributed by atoms with van der Waals surface area (Å²) in [6.45, 7) is 7.87. The maximum Gasteiger partial charge on any atom is -0.0174 e. The van der Waals surface area contributed by atoms with E-state index in [1.807, 2.05) is 0 Å². The van der Waals surface area contributed by atoms with Gasteiger partial charge in [0, 0.05) is 0 Å². The van der Waals surface area contributed by atoms with Crippen molar-refractivity contribution < 1.29 is 0 Å². The molecule has 0 aliphatic heterocycles. The van der Waals surface area contributed by atoms with Crippen LogP contribution in [0.3, 0.4) is 0 Å². The summed E-state index contributed by atoms with van der Waals surface area (Å²) in [7, 11) is 0. The van der Waals surface area contributed by atoms with E-state index < -0.39 is 0 Å². The Morgan fingerprint density at radius 1 is 0.750 bits per heavy atom. The standard InChI is InChI=1S/C20H32/c1-3-5-6-15-7-9-16(10-8-15)17-11-13-19-18(4-2)20(19)14-12-17/h3-4,15-20H,1-2,5-14H2. The normalized spacial score (nSPS) is 44.2. The Kier molecular flexibility index (Phi) is 4.68. The van der Waals surface area contributed by atoms with Crippen LogP contribution in [0.1, 0.15) is 64.2 Å². The molecule has 2 atom stereocenters. The van der Waals surface area contributed by atoms with Gasteiger partial charge in [0.2, 0.25) is 0 Å². The van der Waals surface area contributed by atoms with Crippen molar-refractivity contribution in [3.63, 3.8) is 0 Å². The number of hydrogen-bond donors (Lipinski definition) is 0. The Morgan fingerprint density at radius 3 is 1.80 bits per heavy atom. The van der Waals surface area contributed by atoms with Gasteiger partial charge in [-0.05, 0) is 86.9 Å². The van der Waals surface area contributed by atoms with E-state index in [9.17, 15) is 0 Å². The predicted octanol–water partition coefficient (Wildman–Crippen LogP) is 6.00. The molecule has 0 radical (unpaired) electrons. The largest absolute Gasteiger partial charge is 0.103 e. The van der Waals surface area contributed by atoms with Crippen molar-refractivity contribution in [2.24, 2.45) is 35.5 Å². The molecule has 3 aliphatic rings. The van der Waals surface area contributed by atoms with Gasteiger partial charge in [-0.15, -0.1) is 13.2 Å². The summed E-state index contributed by atoms with van der Waals surface area (Å²) < 4.78 is 0. The highest BCUT2D eigenvalue weighted by Gasteiger charge is 2.49. The van der Waals surface area contributed by atoms with Gasteiger partial charge in [0.05, 0.1) is 0 Å². The van der Waals surface area contributed by atoms with Gasteiger partial charge in [-0.25, -0.2) is 0 Å². The van der Waals surface area contributed by atoms with Crippen LogP contribution < -0.4 is 0 Å². The van der Waals surface area contributed by atoms with Crippen LogP contribution >= 0.6 is 0 Å². The minimum Gasteiger partial charge on any atom is -0.103 e. The van der Waals surface area contributed by atoms with Crippen LogP contribution in [0.15, 0.2) is 25.3 Å². The molecule has 0 bridgehead atoms. The van der Waals surface area contributed by atoms with Crippen LogP contribution in [0, 0.1) is 35.5 Å². The average Bonchev–Trinajstić information content (AvgIpc) is 3.20. The number of rotatable bonds is 5. The van der Waals surface area contributed by atoms with Gasteiger partial charge in [0.1, 0.15) is 0 Å². The molecule has 2 unspecified atom stereocenters. The summed E-state index contributed by atoms with van der Waals surface area (Å²) in [5.41, 5.74) is 0. The van der Waals surface area contributed by atoms with E-state index in [4.69, 9.17) is 0 Å². The third-order valence-corrected chi connectivity index (χ3v) is 6.75. The zero-order valence-corrected chi connectivity index (χ0v) is 13.1. The van der Waals surface area contributed by atoms with E-state index in [0.717, 1.165) is 35.5 Å². The van der Waals surface area contributed by atoms with Gasteiger partial charge in [-0.2, -0.15) is 0 Å². The summed E-state index contributed by atoms with van der Waals surface area (Å²) >= 11 is 0. The van der Waals surface area contributed by atoms with Gasteiger partial charge < -0.3 is 0 Å². The molecule has 0 N–H and O–H groups in total. The van der Waals surface area contributed by atoms with Crippen molar-refractivity contribution in [2.45, 2.75) is 64.2 Å². The van der Waals surface area contributed by atoms with Crippen molar-refractivity contribution in [1.82, 2.24) is 0 Å². The van der Waals surface area contributed by atoms with Crippen LogP contribution in [0.4, 0.5) is 0 Å².